The number of hydrogen-bond acceptors (Lipinski definition) is 3. The van der Waals surface area contributed by atoms with E-state index < -0.39 is 0 Å². The van der Waals surface area contributed by atoms with Crippen LogP contribution in [-0.4, -0.2) is 17.8 Å². The van der Waals surface area contributed by atoms with Crippen LogP contribution in [0.25, 0.3) is 0 Å². The Hall–Kier alpha value is -1.98. The van der Waals surface area contributed by atoms with Gasteiger partial charge in [-0.3, -0.25) is 5.41 Å². The normalized spacial score (nSPS) is 11.7. The average molecular weight is 390 g/mol. The summed E-state index contributed by atoms with van der Waals surface area (Å²) in [5.41, 5.74) is 3.74. The number of aromatic hydroxyl groups is 1. The standard InChI is InChI=1S/C20H24ClN3OS/c1-20(2,3)16-7-14(10-23-13-24-12-22)6-15(8-16)11-26-17-4-5-19(25)18(21)9-17/h4-9,12-13,25H,10-11H2,1-3H3,(H2,22,23,24). The number of hydrogen-bond donors (Lipinski definition) is 3. The van der Waals surface area contributed by atoms with Gasteiger partial charge in [0.15, 0.2) is 0 Å². The van der Waals surface area contributed by atoms with E-state index >= 15 is 0 Å². The van der Waals surface area contributed by atoms with Crippen LogP contribution in [0, 0.1) is 5.41 Å². The lowest BCUT2D eigenvalue weighted by molar-refractivity contribution is 0.475. The highest BCUT2D eigenvalue weighted by molar-refractivity contribution is 7.98. The first-order valence-electron chi connectivity index (χ1n) is 8.28. The second-order valence-corrected chi connectivity index (χ2v) is 8.43. The second kappa shape index (κ2) is 9.10. The molecule has 4 nitrogen and oxygen atoms in total. The number of nitrogens with one attached hydrogen (secondary N) is 2. The number of phenols is 1. The molecule has 3 N–H and O–H groups in total. The SMILES string of the molecule is CC(C)(C)c1cc(CN/C=N\C=N)cc(CSc2ccc(O)c(Cl)c2)c1. The van der Waals surface area contributed by atoms with Crippen LogP contribution in [0.4, 0.5) is 0 Å². The van der Waals surface area contributed by atoms with Gasteiger partial charge < -0.3 is 10.4 Å². The lowest BCUT2D eigenvalue weighted by Gasteiger charge is -2.21. The Morgan fingerprint density at radius 3 is 2.58 bits per heavy atom. The van der Waals surface area contributed by atoms with Gasteiger partial charge >= 0.3 is 0 Å². The summed E-state index contributed by atoms with van der Waals surface area (Å²) in [7, 11) is 0. The summed E-state index contributed by atoms with van der Waals surface area (Å²) in [6.07, 6.45) is 2.53. The lowest BCUT2D eigenvalue weighted by Crippen LogP contribution is -2.15. The van der Waals surface area contributed by atoms with E-state index in [1.54, 1.807) is 23.9 Å². The summed E-state index contributed by atoms with van der Waals surface area (Å²) in [6.45, 7) is 7.26. The Balaban J connectivity index is 2.18. The molecular weight excluding hydrogens is 366 g/mol. The van der Waals surface area contributed by atoms with E-state index in [0.717, 1.165) is 17.0 Å². The van der Waals surface area contributed by atoms with E-state index in [1.807, 2.05) is 6.07 Å². The zero-order valence-corrected chi connectivity index (χ0v) is 16.8. The predicted molar refractivity (Wildman–Crippen MR) is 112 cm³/mol. The quantitative estimate of drug-likeness (QED) is 0.339. The fraction of sp³-hybridized carbons (Fsp3) is 0.300. The van der Waals surface area contributed by atoms with Gasteiger partial charge in [0.05, 0.1) is 11.4 Å². The molecule has 0 fully saturated rings. The maximum Gasteiger partial charge on any atom is 0.134 e. The van der Waals surface area contributed by atoms with Crippen LogP contribution in [0.15, 0.2) is 46.3 Å². The molecule has 0 aliphatic carbocycles. The van der Waals surface area contributed by atoms with Crippen molar-refractivity contribution in [3.63, 3.8) is 0 Å². The molecule has 0 aliphatic rings. The zero-order valence-electron chi connectivity index (χ0n) is 15.2. The summed E-state index contributed by atoms with van der Waals surface area (Å²) in [6, 6.07) is 11.9. The highest BCUT2D eigenvalue weighted by Gasteiger charge is 2.15. The van der Waals surface area contributed by atoms with Crippen LogP contribution in [0.2, 0.25) is 5.02 Å². The largest absolute Gasteiger partial charge is 0.506 e. The molecular formula is C20H24ClN3OS. The molecule has 2 aromatic carbocycles. The van der Waals surface area contributed by atoms with Gasteiger partial charge in [-0.2, -0.15) is 0 Å². The van der Waals surface area contributed by atoms with Crippen LogP contribution in [0.3, 0.4) is 0 Å². The van der Waals surface area contributed by atoms with Crippen LogP contribution in [0.1, 0.15) is 37.5 Å². The van der Waals surface area contributed by atoms with Gasteiger partial charge in [-0.05, 0) is 40.3 Å². The molecule has 138 valence electrons. The fourth-order valence-electron chi connectivity index (χ4n) is 2.38. The molecule has 0 aromatic heterocycles. The minimum absolute atomic E-state index is 0.0559. The van der Waals surface area contributed by atoms with Gasteiger partial charge in [-0.1, -0.05) is 50.6 Å². The van der Waals surface area contributed by atoms with Gasteiger partial charge in [0.2, 0.25) is 0 Å². The van der Waals surface area contributed by atoms with Gasteiger partial charge in [-0.15, -0.1) is 11.8 Å². The Morgan fingerprint density at radius 1 is 1.19 bits per heavy atom. The molecule has 0 radical (unpaired) electrons. The minimum atomic E-state index is 0.0559. The van der Waals surface area contributed by atoms with Crippen LogP contribution in [-0.2, 0) is 17.7 Å². The minimum Gasteiger partial charge on any atom is -0.506 e. The van der Waals surface area contributed by atoms with Crippen LogP contribution < -0.4 is 5.32 Å². The Labute approximate surface area is 164 Å². The third-order valence-corrected chi connectivity index (χ3v) is 5.16. The van der Waals surface area contributed by atoms with Crippen molar-refractivity contribution in [1.82, 2.24) is 5.32 Å². The second-order valence-electron chi connectivity index (χ2n) is 6.98. The molecule has 0 bridgehead atoms. The van der Waals surface area contributed by atoms with Gasteiger partial charge in [-0.25, -0.2) is 4.99 Å². The Bertz CT molecular complexity index is 800. The molecule has 0 saturated carbocycles. The van der Waals surface area contributed by atoms with Crippen molar-refractivity contribution in [2.75, 3.05) is 0 Å². The van der Waals surface area contributed by atoms with Crippen LogP contribution in [0.5, 0.6) is 5.75 Å². The first kappa shape index (κ1) is 20.3. The van der Waals surface area contributed by atoms with E-state index in [1.165, 1.54) is 23.0 Å². The molecule has 0 unspecified atom stereocenters. The molecule has 2 aromatic rings. The number of phenolic OH excluding ortho intramolecular Hbond substituents is 1. The summed E-state index contributed by atoms with van der Waals surface area (Å²) in [4.78, 5) is 4.76. The molecule has 0 atom stereocenters. The molecule has 0 amide bonds. The van der Waals surface area contributed by atoms with E-state index in [4.69, 9.17) is 17.0 Å². The predicted octanol–water partition coefficient (Wildman–Crippen LogP) is 5.36. The summed E-state index contributed by atoms with van der Waals surface area (Å²) < 4.78 is 0. The van der Waals surface area contributed by atoms with Gasteiger partial charge in [0.1, 0.15) is 12.1 Å². The maximum absolute atomic E-state index is 9.54. The number of aliphatic imine (C=N–C) groups is 1. The van der Waals surface area contributed by atoms with E-state index in [-0.39, 0.29) is 11.2 Å². The first-order valence-corrected chi connectivity index (χ1v) is 9.64. The van der Waals surface area contributed by atoms with Crippen molar-refractivity contribution >= 4 is 36.0 Å². The number of halogens is 1. The van der Waals surface area contributed by atoms with Crippen molar-refractivity contribution in [3.8, 4) is 5.75 Å². The number of rotatable bonds is 7. The molecule has 0 heterocycles. The van der Waals surface area contributed by atoms with Crippen molar-refractivity contribution in [2.45, 2.75) is 43.4 Å². The van der Waals surface area contributed by atoms with E-state index in [2.05, 4.69) is 49.3 Å². The van der Waals surface area contributed by atoms with Gasteiger partial charge in [0.25, 0.3) is 0 Å². The number of nitrogens with zero attached hydrogens (tertiary/aromatic N) is 1. The average Bonchev–Trinajstić information content (AvgIpc) is 2.59. The van der Waals surface area contributed by atoms with Crippen molar-refractivity contribution in [1.29, 1.82) is 5.41 Å². The maximum atomic E-state index is 9.54. The number of benzene rings is 2. The molecule has 2 rings (SSSR count). The highest BCUT2D eigenvalue weighted by atomic mass is 35.5. The molecule has 26 heavy (non-hydrogen) atoms. The first-order chi connectivity index (χ1) is 12.3. The summed E-state index contributed by atoms with van der Waals surface area (Å²) in [5, 5.41) is 19.9. The third-order valence-electron chi connectivity index (χ3n) is 3.79. The monoisotopic (exact) mass is 389 g/mol. The lowest BCUT2D eigenvalue weighted by atomic mass is 9.85. The fourth-order valence-corrected chi connectivity index (χ4v) is 3.49. The van der Waals surface area contributed by atoms with Gasteiger partial charge in [0, 0.05) is 17.2 Å². The topological polar surface area (TPSA) is 68.5 Å². The zero-order chi connectivity index (χ0) is 19.2. The molecule has 0 aliphatic heterocycles. The van der Waals surface area contributed by atoms with Crippen LogP contribution >= 0.6 is 23.4 Å². The van der Waals surface area contributed by atoms with E-state index in [9.17, 15) is 5.11 Å². The van der Waals surface area contributed by atoms with E-state index in [0.29, 0.717) is 11.6 Å². The number of thioether (sulfide) groups is 1. The smallest absolute Gasteiger partial charge is 0.134 e. The molecule has 0 spiro atoms. The molecule has 0 saturated heterocycles. The van der Waals surface area contributed by atoms with Crippen molar-refractivity contribution < 1.29 is 5.11 Å². The third kappa shape index (κ3) is 6.07. The Morgan fingerprint density at radius 2 is 1.92 bits per heavy atom. The summed E-state index contributed by atoms with van der Waals surface area (Å²) >= 11 is 7.67. The summed E-state index contributed by atoms with van der Waals surface area (Å²) in [5.74, 6) is 0.915. The van der Waals surface area contributed by atoms with Crippen molar-refractivity contribution in [2.24, 2.45) is 4.99 Å². The highest BCUT2D eigenvalue weighted by Crippen LogP contribution is 2.32. The van der Waals surface area contributed by atoms with Crippen molar-refractivity contribution in [3.05, 3.63) is 58.1 Å². The molecule has 6 heteroatoms. The Kier molecular flexibility index (Phi) is 7.12.